The van der Waals surface area contributed by atoms with E-state index in [-0.39, 0.29) is 11.9 Å². The molecule has 0 saturated heterocycles. The number of hydrogen-bond donors (Lipinski definition) is 1. The van der Waals surface area contributed by atoms with Crippen molar-refractivity contribution in [3.05, 3.63) is 59.0 Å². The number of anilines is 1. The van der Waals surface area contributed by atoms with Crippen molar-refractivity contribution < 1.29 is 9.53 Å². The van der Waals surface area contributed by atoms with Gasteiger partial charge in [-0.1, -0.05) is 6.07 Å². The first-order chi connectivity index (χ1) is 15.5. The minimum absolute atomic E-state index is 0.0771. The van der Waals surface area contributed by atoms with Crippen LogP contribution in [0.4, 0.5) is 5.82 Å². The molecule has 8 nitrogen and oxygen atoms in total. The maximum Gasteiger partial charge on any atom is 0.254 e. The number of aromatic nitrogens is 4. The third-order valence-corrected chi connectivity index (χ3v) is 6.64. The number of rotatable bonds is 3. The van der Waals surface area contributed by atoms with Gasteiger partial charge < -0.3 is 15.4 Å². The van der Waals surface area contributed by atoms with Gasteiger partial charge >= 0.3 is 0 Å². The Morgan fingerprint density at radius 1 is 1.19 bits per heavy atom. The van der Waals surface area contributed by atoms with Crippen LogP contribution in [0.25, 0.3) is 21.8 Å². The molecule has 0 spiro atoms. The van der Waals surface area contributed by atoms with Crippen molar-refractivity contribution in [2.75, 3.05) is 19.4 Å². The molecule has 6 rings (SSSR count). The number of carbonyl (C=O) groups is 1. The highest BCUT2D eigenvalue weighted by Crippen LogP contribution is 2.40. The molecule has 4 heterocycles. The number of nitrogens with zero attached hydrogens (tertiary/aromatic N) is 5. The normalized spacial score (nSPS) is 18.1. The van der Waals surface area contributed by atoms with E-state index in [0.717, 1.165) is 38.8 Å². The number of aryl methyl sites for hydroxylation is 1. The molecule has 1 amide bonds. The molecular weight excluding hydrogens is 404 g/mol. The van der Waals surface area contributed by atoms with E-state index in [0.29, 0.717) is 30.5 Å². The Balaban J connectivity index is 1.37. The molecule has 8 heteroatoms. The molecule has 1 aliphatic heterocycles. The fourth-order valence-corrected chi connectivity index (χ4v) is 4.67. The van der Waals surface area contributed by atoms with Crippen molar-refractivity contribution in [1.82, 2.24) is 24.6 Å². The van der Waals surface area contributed by atoms with E-state index in [1.54, 1.807) is 21.8 Å². The number of carbonyl (C=O) groups excluding carboxylic acids is 1. The van der Waals surface area contributed by atoms with Crippen LogP contribution in [0.5, 0.6) is 0 Å². The Labute approximate surface area is 185 Å². The van der Waals surface area contributed by atoms with Crippen LogP contribution >= 0.6 is 0 Å². The first-order valence-electron chi connectivity index (χ1n) is 10.9. The summed E-state index contributed by atoms with van der Waals surface area (Å²) in [5.41, 5.74) is 11.4. The summed E-state index contributed by atoms with van der Waals surface area (Å²) >= 11 is 0. The van der Waals surface area contributed by atoms with Crippen molar-refractivity contribution in [2.45, 2.75) is 31.4 Å². The molecule has 1 aromatic carbocycles. The summed E-state index contributed by atoms with van der Waals surface area (Å²) < 4.78 is 7.59. The molecule has 162 valence electrons. The molecule has 0 unspecified atom stereocenters. The number of nitrogens with two attached hydrogens (primary N) is 1. The van der Waals surface area contributed by atoms with Gasteiger partial charge in [0.1, 0.15) is 5.82 Å². The maximum atomic E-state index is 13.5. The molecule has 2 aliphatic rings. The summed E-state index contributed by atoms with van der Waals surface area (Å²) in [6.45, 7) is 0.952. The lowest BCUT2D eigenvalue weighted by atomic mass is 10.00. The Hall–Kier alpha value is -3.52. The Morgan fingerprint density at radius 3 is 2.84 bits per heavy atom. The predicted octanol–water partition coefficient (Wildman–Crippen LogP) is 3.32. The van der Waals surface area contributed by atoms with Gasteiger partial charge in [0.25, 0.3) is 5.91 Å². The third-order valence-electron chi connectivity index (χ3n) is 6.64. The van der Waals surface area contributed by atoms with Crippen LogP contribution in [0.15, 0.2) is 36.5 Å². The van der Waals surface area contributed by atoms with E-state index in [4.69, 9.17) is 15.5 Å². The summed E-state index contributed by atoms with van der Waals surface area (Å²) in [6, 6.07) is 9.58. The number of hydrogen-bond acceptors (Lipinski definition) is 6. The van der Waals surface area contributed by atoms with Gasteiger partial charge in [-0.05, 0) is 37.1 Å². The third kappa shape index (κ3) is 2.94. The minimum atomic E-state index is -0.177. The molecule has 1 atom stereocenters. The van der Waals surface area contributed by atoms with Crippen molar-refractivity contribution >= 4 is 33.5 Å². The van der Waals surface area contributed by atoms with Gasteiger partial charge in [-0.3, -0.25) is 14.5 Å². The highest BCUT2D eigenvalue weighted by atomic mass is 16.5. The molecule has 1 saturated carbocycles. The zero-order valence-corrected chi connectivity index (χ0v) is 18.1. The topological polar surface area (TPSA) is 99.2 Å². The first-order valence-corrected chi connectivity index (χ1v) is 10.9. The number of fused-ring (bicyclic) bond motifs is 4. The molecule has 3 aromatic heterocycles. The highest BCUT2D eigenvalue weighted by molar-refractivity contribution is 6.10. The van der Waals surface area contributed by atoms with Crippen molar-refractivity contribution in [1.29, 1.82) is 0 Å². The minimum Gasteiger partial charge on any atom is -0.383 e. The fourth-order valence-electron chi connectivity index (χ4n) is 4.67. The molecule has 0 radical (unpaired) electrons. The van der Waals surface area contributed by atoms with E-state index in [2.05, 4.69) is 22.2 Å². The molecule has 1 aliphatic carbocycles. The Morgan fingerprint density at radius 2 is 2.03 bits per heavy atom. The van der Waals surface area contributed by atoms with E-state index < -0.39 is 0 Å². The van der Waals surface area contributed by atoms with Crippen molar-refractivity contribution in [2.24, 2.45) is 7.05 Å². The average Bonchev–Trinajstić information content (AvgIpc) is 3.59. The second-order valence-corrected chi connectivity index (χ2v) is 8.75. The number of pyridine rings is 2. The first kappa shape index (κ1) is 19.2. The van der Waals surface area contributed by atoms with E-state index in [9.17, 15) is 4.79 Å². The standard InChI is InChI=1S/C24H24N6O2/c1-29(21-12-32-11-20-15(21)6-8-18(27-20)13-3-4-13)24(31)14-5-7-19-16(9-14)22-17(23(25)28-19)10-26-30(22)2/h5-10,13,21H,3-4,11-12H2,1-2H3,(H2,25,28)/t21-/m1/s1. The Bertz CT molecular complexity index is 1390. The van der Waals surface area contributed by atoms with Crippen LogP contribution < -0.4 is 5.73 Å². The summed E-state index contributed by atoms with van der Waals surface area (Å²) in [6.07, 6.45) is 4.12. The molecule has 32 heavy (non-hydrogen) atoms. The largest absolute Gasteiger partial charge is 0.383 e. The number of nitrogen functional groups attached to an aromatic ring is 1. The molecule has 0 bridgehead atoms. The molecule has 1 fully saturated rings. The van der Waals surface area contributed by atoms with Crippen LogP contribution in [0.3, 0.4) is 0 Å². The zero-order chi connectivity index (χ0) is 22.0. The second kappa shape index (κ2) is 7.00. The van der Waals surface area contributed by atoms with Crippen molar-refractivity contribution in [3.63, 3.8) is 0 Å². The van der Waals surface area contributed by atoms with Gasteiger partial charge in [-0.25, -0.2) is 4.98 Å². The maximum absolute atomic E-state index is 13.5. The van der Waals surface area contributed by atoms with Gasteiger partial charge in [0.15, 0.2) is 0 Å². The van der Waals surface area contributed by atoms with Crippen LogP contribution in [-0.2, 0) is 18.4 Å². The smallest absolute Gasteiger partial charge is 0.254 e. The zero-order valence-electron chi connectivity index (χ0n) is 18.1. The lowest BCUT2D eigenvalue weighted by molar-refractivity contribution is 0.0329. The lowest BCUT2D eigenvalue weighted by Crippen LogP contribution is -2.36. The molecular formula is C24H24N6O2. The van der Waals surface area contributed by atoms with Gasteiger partial charge in [-0.2, -0.15) is 5.10 Å². The van der Waals surface area contributed by atoms with Gasteiger partial charge in [0.05, 0.1) is 47.6 Å². The highest BCUT2D eigenvalue weighted by Gasteiger charge is 2.31. The van der Waals surface area contributed by atoms with Crippen LogP contribution in [0.2, 0.25) is 0 Å². The lowest BCUT2D eigenvalue weighted by Gasteiger charge is -2.33. The average molecular weight is 428 g/mol. The van der Waals surface area contributed by atoms with E-state index in [1.165, 1.54) is 12.8 Å². The van der Waals surface area contributed by atoms with Crippen LogP contribution in [-0.4, -0.2) is 44.2 Å². The second-order valence-electron chi connectivity index (χ2n) is 8.75. The molecule has 2 N–H and O–H groups in total. The summed E-state index contributed by atoms with van der Waals surface area (Å²) in [4.78, 5) is 24.6. The number of benzene rings is 1. The monoisotopic (exact) mass is 428 g/mol. The van der Waals surface area contributed by atoms with Gasteiger partial charge in [0, 0.05) is 42.2 Å². The van der Waals surface area contributed by atoms with E-state index >= 15 is 0 Å². The van der Waals surface area contributed by atoms with Gasteiger partial charge in [0.2, 0.25) is 0 Å². The summed E-state index contributed by atoms with van der Waals surface area (Å²) in [5, 5.41) is 5.95. The predicted molar refractivity (Wildman–Crippen MR) is 121 cm³/mol. The SMILES string of the molecule is CN(C(=O)c1ccc2nc(N)c3cnn(C)c3c2c1)[C@@H]1COCc2nc(C3CC3)ccc21. The van der Waals surface area contributed by atoms with Crippen LogP contribution in [0, 0.1) is 0 Å². The van der Waals surface area contributed by atoms with Crippen molar-refractivity contribution in [3.8, 4) is 0 Å². The number of likely N-dealkylation sites (N-methyl/N-ethyl adjacent to an activating group) is 1. The molecule has 4 aromatic rings. The Kier molecular flexibility index (Phi) is 4.19. The summed E-state index contributed by atoms with van der Waals surface area (Å²) in [7, 11) is 3.69. The number of amides is 1. The summed E-state index contributed by atoms with van der Waals surface area (Å²) in [5.74, 6) is 0.946. The quantitative estimate of drug-likeness (QED) is 0.537. The van der Waals surface area contributed by atoms with Crippen LogP contribution in [0.1, 0.15) is 52.1 Å². The van der Waals surface area contributed by atoms with E-state index in [1.807, 2.05) is 26.2 Å². The number of ether oxygens (including phenoxy) is 1. The van der Waals surface area contributed by atoms with Gasteiger partial charge in [-0.15, -0.1) is 0 Å². The fraction of sp³-hybridized carbons (Fsp3) is 0.333.